The number of hydrogen-bond donors (Lipinski definition) is 2. The number of nitrogens with one attached hydrogen (secondary N) is 1. The van der Waals surface area contributed by atoms with E-state index < -0.39 is 0 Å². The highest BCUT2D eigenvalue weighted by Crippen LogP contribution is 2.24. The van der Waals surface area contributed by atoms with Crippen LogP contribution in [0.15, 0.2) is 33.2 Å². The Morgan fingerprint density at radius 3 is 3.11 bits per heavy atom. The van der Waals surface area contributed by atoms with Crippen molar-refractivity contribution in [3.63, 3.8) is 0 Å². The Morgan fingerprint density at radius 1 is 1.58 bits per heavy atom. The quantitative estimate of drug-likeness (QED) is 0.478. The van der Waals surface area contributed by atoms with Crippen molar-refractivity contribution in [1.29, 1.82) is 0 Å². The minimum absolute atomic E-state index is 0. The molecule has 0 bridgehead atoms. The van der Waals surface area contributed by atoms with Crippen LogP contribution in [0.2, 0.25) is 0 Å². The van der Waals surface area contributed by atoms with Crippen molar-refractivity contribution < 1.29 is 4.42 Å². The van der Waals surface area contributed by atoms with Gasteiger partial charge in [-0.3, -0.25) is 0 Å². The van der Waals surface area contributed by atoms with Gasteiger partial charge in [-0.15, -0.1) is 35.3 Å². The normalized spacial score (nSPS) is 15.1. The number of nitrogens with two attached hydrogens (primary N) is 1. The number of furan rings is 1. The van der Waals surface area contributed by atoms with Crippen LogP contribution in [-0.4, -0.2) is 17.0 Å². The molecule has 102 valence electrons. The summed E-state index contributed by atoms with van der Waals surface area (Å²) in [6.07, 6.45) is 4.03. The SMILES string of the molecule is I.NC(=NCc1csc(-c2ccco2)n1)NC1CC1. The topological polar surface area (TPSA) is 76.4 Å². The van der Waals surface area contributed by atoms with Gasteiger partial charge in [0.1, 0.15) is 0 Å². The highest BCUT2D eigenvalue weighted by atomic mass is 127. The first-order valence-corrected chi connectivity index (χ1v) is 6.74. The summed E-state index contributed by atoms with van der Waals surface area (Å²) in [5, 5.41) is 6.00. The van der Waals surface area contributed by atoms with E-state index in [2.05, 4.69) is 15.3 Å². The molecule has 1 aliphatic carbocycles. The molecular weight excluding hydrogens is 375 g/mol. The molecule has 0 amide bonds. The molecule has 19 heavy (non-hydrogen) atoms. The molecule has 1 saturated carbocycles. The number of nitrogens with zero attached hydrogens (tertiary/aromatic N) is 2. The third-order valence-corrected chi connectivity index (χ3v) is 3.53. The summed E-state index contributed by atoms with van der Waals surface area (Å²) in [4.78, 5) is 8.72. The van der Waals surface area contributed by atoms with E-state index in [4.69, 9.17) is 10.2 Å². The maximum absolute atomic E-state index is 5.76. The summed E-state index contributed by atoms with van der Waals surface area (Å²) in [6, 6.07) is 4.28. The lowest BCUT2D eigenvalue weighted by Gasteiger charge is -2.01. The van der Waals surface area contributed by atoms with Gasteiger partial charge in [-0.25, -0.2) is 9.98 Å². The molecule has 0 atom stereocenters. The summed E-state index contributed by atoms with van der Waals surface area (Å²) in [5.74, 6) is 1.30. The van der Waals surface area contributed by atoms with Gasteiger partial charge < -0.3 is 15.5 Å². The number of rotatable bonds is 4. The fourth-order valence-corrected chi connectivity index (χ4v) is 2.32. The molecule has 2 heterocycles. The largest absolute Gasteiger partial charge is 0.462 e. The molecule has 1 aliphatic rings. The van der Waals surface area contributed by atoms with Crippen LogP contribution in [-0.2, 0) is 6.54 Å². The summed E-state index contributed by atoms with van der Waals surface area (Å²) in [5.41, 5.74) is 6.67. The Morgan fingerprint density at radius 2 is 2.42 bits per heavy atom. The maximum atomic E-state index is 5.76. The monoisotopic (exact) mass is 390 g/mol. The van der Waals surface area contributed by atoms with E-state index in [0.717, 1.165) is 16.5 Å². The number of halogens is 1. The zero-order valence-electron chi connectivity index (χ0n) is 10.2. The van der Waals surface area contributed by atoms with Crippen LogP contribution in [0.1, 0.15) is 18.5 Å². The number of aliphatic imine (C=N–C) groups is 1. The van der Waals surface area contributed by atoms with Gasteiger partial charge in [0, 0.05) is 11.4 Å². The first-order valence-electron chi connectivity index (χ1n) is 5.86. The molecule has 0 aliphatic heterocycles. The predicted octanol–water partition coefficient (Wildman–Crippen LogP) is 2.59. The fourth-order valence-electron chi connectivity index (χ4n) is 1.54. The second kappa shape index (κ2) is 6.38. The Bertz CT molecular complexity index is 548. The third-order valence-electron chi connectivity index (χ3n) is 2.62. The van der Waals surface area contributed by atoms with Gasteiger partial charge in [-0.2, -0.15) is 0 Å². The van der Waals surface area contributed by atoms with Crippen molar-refractivity contribution in [2.45, 2.75) is 25.4 Å². The van der Waals surface area contributed by atoms with Crippen molar-refractivity contribution in [3.8, 4) is 10.8 Å². The highest BCUT2D eigenvalue weighted by Gasteiger charge is 2.21. The van der Waals surface area contributed by atoms with Gasteiger partial charge in [0.15, 0.2) is 16.7 Å². The van der Waals surface area contributed by atoms with E-state index in [0.29, 0.717) is 18.5 Å². The number of guanidine groups is 1. The van der Waals surface area contributed by atoms with E-state index in [9.17, 15) is 0 Å². The summed E-state index contributed by atoms with van der Waals surface area (Å²) in [6.45, 7) is 0.503. The standard InChI is InChI=1S/C12H14N4OS.HI/c13-12(16-8-3-4-8)14-6-9-7-18-11(15-9)10-2-1-5-17-10;/h1-2,5,7-8H,3-4,6H2,(H3,13,14,16);1H. The summed E-state index contributed by atoms with van der Waals surface area (Å²) >= 11 is 1.55. The number of thiazole rings is 1. The van der Waals surface area contributed by atoms with Crippen molar-refractivity contribution >= 4 is 41.3 Å². The van der Waals surface area contributed by atoms with E-state index in [1.165, 1.54) is 12.8 Å². The van der Waals surface area contributed by atoms with E-state index in [-0.39, 0.29) is 24.0 Å². The second-order valence-electron chi connectivity index (χ2n) is 4.24. The molecule has 0 radical (unpaired) electrons. The Hall–Kier alpha value is -1.09. The molecule has 0 saturated heterocycles. The van der Waals surface area contributed by atoms with Crippen LogP contribution in [0, 0.1) is 0 Å². The number of aromatic nitrogens is 1. The average Bonchev–Trinajstić information content (AvgIpc) is 2.87. The lowest BCUT2D eigenvalue weighted by Crippen LogP contribution is -2.33. The smallest absolute Gasteiger partial charge is 0.189 e. The molecule has 2 aromatic heterocycles. The van der Waals surface area contributed by atoms with Crippen molar-refractivity contribution in [3.05, 3.63) is 29.5 Å². The molecule has 0 unspecified atom stereocenters. The van der Waals surface area contributed by atoms with Crippen molar-refractivity contribution in [2.24, 2.45) is 10.7 Å². The van der Waals surface area contributed by atoms with E-state index in [1.807, 2.05) is 17.5 Å². The van der Waals surface area contributed by atoms with E-state index in [1.54, 1.807) is 17.6 Å². The van der Waals surface area contributed by atoms with Crippen molar-refractivity contribution in [1.82, 2.24) is 10.3 Å². The second-order valence-corrected chi connectivity index (χ2v) is 5.10. The predicted molar refractivity (Wildman–Crippen MR) is 86.7 cm³/mol. The van der Waals surface area contributed by atoms with Gasteiger partial charge in [0.05, 0.1) is 18.5 Å². The van der Waals surface area contributed by atoms with Crippen LogP contribution in [0.3, 0.4) is 0 Å². The van der Waals surface area contributed by atoms with Gasteiger partial charge in [-0.05, 0) is 25.0 Å². The maximum Gasteiger partial charge on any atom is 0.189 e. The molecule has 3 rings (SSSR count). The molecule has 3 N–H and O–H groups in total. The van der Waals surface area contributed by atoms with Crippen LogP contribution >= 0.6 is 35.3 Å². The molecule has 1 fully saturated rings. The minimum Gasteiger partial charge on any atom is -0.462 e. The third kappa shape index (κ3) is 3.93. The average molecular weight is 390 g/mol. The molecule has 7 heteroatoms. The first kappa shape index (κ1) is 14.3. The van der Waals surface area contributed by atoms with Gasteiger partial charge in [-0.1, -0.05) is 0 Å². The number of hydrogen-bond acceptors (Lipinski definition) is 4. The lowest BCUT2D eigenvalue weighted by molar-refractivity contribution is 0.581. The lowest BCUT2D eigenvalue weighted by atomic mass is 10.4. The minimum atomic E-state index is 0. The first-order chi connectivity index (χ1) is 8.81. The molecule has 0 aromatic carbocycles. The van der Waals surface area contributed by atoms with E-state index >= 15 is 0 Å². The van der Waals surface area contributed by atoms with Crippen LogP contribution in [0.4, 0.5) is 0 Å². The van der Waals surface area contributed by atoms with Crippen LogP contribution in [0.25, 0.3) is 10.8 Å². The van der Waals surface area contributed by atoms with Gasteiger partial charge in [0.25, 0.3) is 0 Å². The fraction of sp³-hybridized carbons (Fsp3) is 0.333. The summed E-state index contributed by atoms with van der Waals surface area (Å²) < 4.78 is 5.29. The molecule has 2 aromatic rings. The van der Waals surface area contributed by atoms with Crippen molar-refractivity contribution in [2.75, 3.05) is 0 Å². The van der Waals surface area contributed by atoms with Gasteiger partial charge >= 0.3 is 0 Å². The Labute approximate surface area is 132 Å². The molecule has 0 spiro atoms. The van der Waals surface area contributed by atoms with Crippen LogP contribution in [0.5, 0.6) is 0 Å². The molecule has 5 nitrogen and oxygen atoms in total. The van der Waals surface area contributed by atoms with Crippen LogP contribution < -0.4 is 11.1 Å². The Kier molecular flexibility index (Phi) is 4.81. The molecular formula is C12H15IN4OS. The zero-order chi connectivity index (χ0) is 12.4. The zero-order valence-corrected chi connectivity index (χ0v) is 13.4. The summed E-state index contributed by atoms with van der Waals surface area (Å²) in [7, 11) is 0. The Balaban J connectivity index is 0.00000133. The van der Waals surface area contributed by atoms with Gasteiger partial charge in [0.2, 0.25) is 0 Å². The highest BCUT2D eigenvalue weighted by molar-refractivity contribution is 14.0.